The van der Waals surface area contributed by atoms with E-state index >= 15 is 0 Å². The fraction of sp³-hybridized carbons (Fsp3) is 0.650. The number of carbonyl (C=O) groups is 1. The van der Waals surface area contributed by atoms with Gasteiger partial charge in [0.2, 0.25) is 5.91 Å². The molecule has 0 bridgehead atoms. The van der Waals surface area contributed by atoms with Crippen LogP contribution in [0.25, 0.3) is 0 Å². The molecule has 3 heterocycles. The Labute approximate surface area is 145 Å². The summed E-state index contributed by atoms with van der Waals surface area (Å²) < 4.78 is 0. The fourth-order valence-corrected chi connectivity index (χ4v) is 4.77. The molecule has 3 aliphatic rings. The molecule has 1 aromatic rings. The summed E-state index contributed by atoms with van der Waals surface area (Å²) in [5.74, 6) is 2.07. The van der Waals surface area contributed by atoms with Crippen molar-refractivity contribution in [2.75, 3.05) is 44.2 Å². The lowest BCUT2D eigenvalue weighted by molar-refractivity contribution is -0.120. The van der Waals surface area contributed by atoms with Crippen molar-refractivity contribution in [1.29, 1.82) is 0 Å². The van der Waals surface area contributed by atoms with Crippen LogP contribution in [0.5, 0.6) is 0 Å². The summed E-state index contributed by atoms with van der Waals surface area (Å²) in [4.78, 5) is 17.1. The standard InChI is InChI=1S/C20H29N3O/c24-20(23-14-9-18-3-1-2-4-19(18)23)15-22-12-7-17(8-13-22)16-5-10-21-11-6-16/h1-4,16-17,21H,5-15H2. The first-order valence-corrected chi connectivity index (χ1v) is 9.62. The maximum absolute atomic E-state index is 12.7. The molecule has 130 valence electrons. The second kappa shape index (κ2) is 7.24. The number of hydrogen-bond donors (Lipinski definition) is 1. The average Bonchev–Trinajstić information content (AvgIpc) is 3.07. The molecule has 1 N–H and O–H groups in total. The Kier molecular flexibility index (Phi) is 4.86. The number of carbonyl (C=O) groups excluding carboxylic acids is 1. The van der Waals surface area contributed by atoms with Gasteiger partial charge in [0.25, 0.3) is 0 Å². The molecule has 3 aliphatic heterocycles. The Morgan fingerprint density at radius 2 is 1.71 bits per heavy atom. The largest absolute Gasteiger partial charge is 0.317 e. The molecule has 0 radical (unpaired) electrons. The van der Waals surface area contributed by atoms with Gasteiger partial charge in [0.15, 0.2) is 0 Å². The van der Waals surface area contributed by atoms with Gasteiger partial charge in [-0.15, -0.1) is 0 Å². The molecule has 24 heavy (non-hydrogen) atoms. The second-order valence-electron chi connectivity index (χ2n) is 7.63. The van der Waals surface area contributed by atoms with E-state index in [0.717, 1.165) is 43.6 Å². The third-order valence-electron chi connectivity index (χ3n) is 6.23. The first-order chi connectivity index (χ1) is 11.8. The number of piperidine rings is 2. The number of hydrogen-bond acceptors (Lipinski definition) is 3. The van der Waals surface area contributed by atoms with Gasteiger partial charge in [-0.05, 0) is 81.7 Å². The average molecular weight is 327 g/mol. The van der Waals surface area contributed by atoms with E-state index in [2.05, 4.69) is 28.4 Å². The van der Waals surface area contributed by atoms with Gasteiger partial charge in [-0.3, -0.25) is 9.69 Å². The molecule has 4 nitrogen and oxygen atoms in total. The lowest BCUT2D eigenvalue weighted by atomic mass is 9.79. The Morgan fingerprint density at radius 3 is 2.50 bits per heavy atom. The zero-order valence-electron chi connectivity index (χ0n) is 14.5. The van der Waals surface area contributed by atoms with E-state index in [4.69, 9.17) is 0 Å². The highest BCUT2D eigenvalue weighted by Gasteiger charge is 2.30. The molecule has 0 aliphatic carbocycles. The zero-order chi connectivity index (χ0) is 16.4. The molecule has 0 aromatic heterocycles. The quantitative estimate of drug-likeness (QED) is 0.925. The SMILES string of the molecule is O=C(CN1CCC(C2CCNCC2)CC1)N1CCc2ccccc21. The topological polar surface area (TPSA) is 35.6 Å². The maximum atomic E-state index is 12.7. The minimum absolute atomic E-state index is 0.278. The Morgan fingerprint density at radius 1 is 1.00 bits per heavy atom. The van der Waals surface area contributed by atoms with E-state index in [1.807, 2.05) is 11.0 Å². The van der Waals surface area contributed by atoms with Crippen molar-refractivity contribution in [3.8, 4) is 0 Å². The zero-order valence-corrected chi connectivity index (χ0v) is 14.5. The van der Waals surface area contributed by atoms with Crippen molar-refractivity contribution in [3.63, 3.8) is 0 Å². The van der Waals surface area contributed by atoms with Crippen molar-refractivity contribution in [2.24, 2.45) is 11.8 Å². The van der Waals surface area contributed by atoms with Crippen LogP contribution in [0.4, 0.5) is 5.69 Å². The van der Waals surface area contributed by atoms with Crippen LogP contribution in [0.3, 0.4) is 0 Å². The lowest BCUT2D eigenvalue weighted by Crippen LogP contribution is -2.44. The van der Waals surface area contributed by atoms with Crippen molar-refractivity contribution >= 4 is 11.6 Å². The van der Waals surface area contributed by atoms with E-state index in [1.165, 1.54) is 44.3 Å². The van der Waals surface area contributed by atoms with Crippen LogP contribution >= 0.6 is 0 Å². The molecule has 0 saturated carbocycles. The van der Waals surface area contributed by atoms with Gasteiger partial charge < -0.3 is 10.2 Å². The molecule has 0 unspecified atom stereocenters. The van der Waals surface area contributed by atoms with Crippen LogP contribution in [0.1, 0.15) is 31.2 Å². The number of fused-ring (bicyclic) bond motifs is 1. The Bertz CT molecular complexity index is 574. The van der Waals surface area contributed by atoms with Gasteiger partial charge in [0.05, 0.1) is 6.54 Å². The first-order valence-electron chi connectivity index (χ1n) is 9.62. The van der Waals surface area contributed by atoms with Gasteiger partial charge in [0.1, 0.15) is 0 Å². The molecular weight excluding hydrogens is 298 g/mol. The highest BCUT2D eigenvalue weighted by atomic mass is 16.2. The number of rotatable bonds is 3. The summed E-state index contributed by atoms with van der Waals surface area (Å²) in [6.07, 6.45) is 6.23. The van der Waals surface area contributed by atoms with E-state index in [9.17, 15) is 4.79 Å². The molecule has 4 heteroatoms. The van der Waals surface area contributed by atoms with Crippen molar-refractivity contribution < 1.29 is 4.79 Å². The van der Waals surface area contributed by atoms with Crippen molar-refractivity contribution in [1.82, 2.24) is 10.2 Å². The summed E-state index contributed by atoms with van der Waals surface area (Å²) >= 11 is 0. The first kappa shape index (κ1) is 16.1. The summed E-state index contributed by atoms with van der Waals surface area (Å²) in [5.41, 5.74) is 2.45. The summed E-state index contributed by atoms with van der Waals surface area (Å²) in [5, 5.41) is 3.47. The molecule has 2 saturated heterocycles. The van der Waals surface area contributed by atoms with Crippen LogP contribution in [0.2, 0.25) is 0 Å². The van der Waals surface area contributed by atoms with Crippen LogP contribution in [0.15, 0.2) is 24.3 Å². The molecule has 4 rings (SSSR count). The molecular formula is C20H29N3O. The minimum Gasteiger partial charge on any atom is -0.317 e. The third kappa shape index (κ3) is 3.35. The van der Waals surface area contributed by atoms with Gasteiger partial charge in [-0.2, -0.15) is 0 Å². The highest BCUT2D eigenvalue weighted by Crippen LogP contribution is 2.31. The van der Waals surface area contributed by atoms with Crippen LogP contribution < -0.4 is 10.2 Å². The number of nitrogens with one attached hydrogen (secondary N) is 1. The monoisotopic (exact) mass is 327 g/mol. The Hall–Kier alpha value is -1.39. The maximum Gasteiger partial charge on any atom is 0.241 e. The predicted octanol–water partition coefficient (Wildman–Crippen LogP) is 2.29. The summed E-state index contributed by atoms with van der Waals surface area (Å²) in [6, 6.07) is 8.34. The third-order valence-corrected chi connectivity index (χ3v) is 6.23. The number of anilines is 1. The molecule has 0 spiro atoms. The van der Waals surface area contributed by atoms with Gasteiger partial charge >= 0.3 is 0 Å². The number of benzene rings is 1. The van der Waals surface area contributed by atoms with Crippen LogP contribution in [-0.4, -0.2) is 50.1 Å². The smallest absolute Gasteiger partial charge is 0.241 e. The van der Waals surface area contributed by atoms with E-state index in [-0.39, 0.29) is 5.91 Å². The number of likely N-dealkylation sites (tertiary alicyclic amines) is 1. The molecule has 1 amide bonds. The number of amides is 1. The van der Waals surface area contributed by atoms with E-state index in [0.29, 0.717) is 6.54 Å². The molecule has 2 fully saturated rings. The number of para-hydroxylation sites is 1. The van der Waals surface area contributed by atoms with Gasteiger partial charge in [-0.25, -0.2) is 0 Å². The predicted molar refractivity (Wildman–Crippen MR) is 97.3 cm³/mol. The second-order valence-corrected chi connectivity index (χ2v) is 7.63. The summed E-state index contributed by atoms with van der Waals surface area (Å²) in [6.45, 7) is 6.01. The molecule has 0 atom stereocenters. The normalized spacial score (nSPS) is 23.4. The lowest BCUT2D eigenvalue weighted by Gasteiger charge is -2.38. The van der Waals surface area contributed by atoms with E-state index in [1.54, 1.807) is 0 Å². The summed E-state index contributed by atoms with van der Waals surface area (Å²) in [7, 11) is 0. The van der Waals surface area contributed by atoms with Crippen molar-refractivity contribution in [2.45, 2.75) is 32.1 Å². The van der Waals surface area contributed by atoms with Crippen LogP contribution in [-0.2, 0) is 11.2 Å². The van der Waals surface area contributed by atoms with Crippen molar-refractivity contribution in [3.05, 3.63) is 29.8 Å². The van der Waals surface area contributed by atoms with Crippen LogP contribution in [0, 0.1) is 11.8 Å². The fourth-order valence-electron chi connectivity index (χ4n) is 4.77. The highest BCUT2D eigenvalue weighted by molar-refractivity contribution is 5.96. The Balaban J connectivity index is 1.29. The van der Waals surface area contributed by atoms with E-state index < -0.39 is 0 Å². The van der Waals surface area contributed by atoms with Gasteiger partial charge in [0, 0.05) is 12.2 Å². The van der Waals surface area contributed by atoms with Gasteiger partial charge in [-0.1, -0.05) is 18.2 Å². The number of nitrogens with zero attached hydrogens (tertiary/aromatic N) is 2. The molecule has 1 aromatic carbocycles. The minimum atomic E-state index is 0.278.